The molecule has 1 heteroatoms. The normalized spacial score (nSPS) is 14.5. The Labute approximate surface area is 48.8 Å². The lowest BCUT2D eigenvalue weighted by atomic mass is 10.4. The van der Waals surface area contributed by atoms with Gasteiger partial charge in [0.2, 0.25) is 0 Å². The summed E-state index contributed by atoms with van der Waals surface area (Å²) in [5.41, 5.74) is 0. The molecule has 0 spiro atoms. The van der Waals surface area contributed by atoms with Gasteiger partial charge in [-0.2, -0.15) is 0 Å². The van der Waals surface area contributed by atoms with Crippen molar-refractivity contribution in [1.29, 1.82) is 0 Å². The van der Waals surface area contributed by atoms with E-state index in [1.54, 1.807) is 0 Å². The molecule has 1 aliphatic carbocycles. The van der Waals surface area contributed by atoms with E-state index in [0.29, 0.717) is 0 Å². The molecule has 0 saturated carbocycles. The SMILES string of the molecule is C1=c2cc[nH]c2=CC1.[HH]. The standard InChI is InChI=1S/C7H7N.H2/c1-2-6-4-5-8-7(6)3-1;/h2-5,8H,1H2;1H. The summed E-state index contributed by atoms with van der Waals surface area (Å²) in [5.74, 6) is 0. The maximum absolute atomic E-state index is 3.13. The van der Waals surface area contributed by atoms with Gasteiger partial charge in [0.25, 0.3) is 0 Å². The van der Waals surface area contributed by atoms with Gasteiger partial charge in [-0.05, 0) is 17.7 Å². The van der Waals surface area contributed by atoms with Crippen LogP contribution in [0.5, 0.6) is 0 Å². The van der Waals surface area contributed by atoms with E-state index >= 15 is 0 Å². The van der Waals surface area contributed by atoms with E-state index < -0.39 is 0 Å². The van der Waals surface area contributed by atoms with Crippen LogP contribution in [0.3, 0.4) is 0 Å². The molecule has 0 aliphatic heterocycles. The van der Waals surface area contributed by atoms with Gasteiger partial charge in [-0.3, -0.25) is 0 Å². The summed E-state index contributed by atoms with van der Waals surface area (Å²) in [6.07, 6.45) is 7.47. The van der Waals surface area contributed by atoms with Crippen LogP contribution in [-0.2, 0) is 0 Å². The molecule has 0 bridgehead atoms. The molecule has 42 valence electrons. The average molecular weight is 107 g/mol. The average Bonchev–Trinajstić information content (AvgIpc) is 2.15. The molecule has 1 aliphatic rings. The molecule has 2 rings (SSSR count). The number of aromatic amines is 1. The second kappa shape index (κ2) is 1.25. The molecule has 1 nitrogen and oxygen atoms in total. The van der Waals surface area contributed by atoms with Gasteiger partial charge in [-0.1, -0.05) is 12.2 Å². The van der Waals surface area contributed by atoms with Gasteiger partial charge in [0.1, 0.15) is 0 Å². The van der Waals surface area contributed by atoms with Crippen molar-refractivity contribution in [2.24, 2.45) is 0 Å². The van der Waals surface area contributed by atoms with Crippen LogP contribution in [0.4, 0.5) is 0 Å². The van der Waals surface area contributed by atoms with E-state index in [0.717, 1.165) is 6.42 Å². The lowest BCUT2D eigenvalue weighted by molar-refractivity contribution is 1.32. The fraction of sp³-hybridized carbons (Fsp3) is 0.143. The van der Waals surface area contributed by atoms with Gasteiger partial charge in [0.15, 0.2) is 0 Å². The van der Waals surface area contributed by atoms with Gasteiger partial charge in [-0.15, -0.1) is 0 Å². The van der Waals surface area contributed by atoms with Crippen molar-refractivity contribution in [2.75, 3.05) is 0 Å². The van der Waals surface area contributed by atoms with E-state index in [9.17, 15) is 0 Å². The second-order valence-corrected chi connectivity index (χ2v) is 1.99. The number of hydrogen-bond donors (Lipinski definition) is 1. The predicted octanol–water partition coefficient (Wildman–Crippen LogP) is 0.225. The molecule has 0 fully saturated rings. The molecule has 1 aromatic heterocycles. The lowest BCUT2D eigenvalue weighted by Crippen LogP contribution is -2.17. The number of nitrogens with one attached hydrogen (secondary N) is 1. The number of rotatable bonds is 0. The summed E-state index contributed by atoms with van der Waals surface area (Å²) in [6, 6.07) is 2.10. The van der Waals surface area contributed by atoms with Crippen molar-refractivity contribution >= 4 is 12.2 Å². The van der Waals surface area contributed by atoms with Gasteiger partial charge in [0.05, 0.1) is 0 Å². The van der Waals surface area contributed by atoms with E-state index in [1.807, 2.05) is 6.20 Å². The molecule has 0 saturated heterocycles. The van der Waals surface area contributed by atoms with E-state index in [1.165, 1.54) is 10.6 Å². The zero-order valence-electron chi connectivity index (χ0n) is 4.52. The third kappa shape index (κ3) is 0.360. The van der Waals surface area contributed by atoms with Crippen molar-refractivity contribution in [2.45, 2.75) is 6.42 Å². The Hall–Kier alpha value is -0.980. The Morgan fingerprint density at radius 3 is 3.38 bits per heavy atom. The Bertz CT molecular complexity index is 268. The minimum atomic E-state index is 0. The molecule has 0 atom stereocenters. The Morgan fingerprint density at radius 1 is 1.50 bits per heavy atom. The zero-order chi connectivity index (χ0) is 5.40. The summed E-state index contributed by atoms with van der Waals surface area (Å²) in [7, 11) is 0. The highest BCUT2D eigenvalue weighted by atomic mass is 14.6. The number of hydrogen-bond acceptors (Lipinski definition) is 0. The minimum Gasteiger partial charge on any atom is -0.361 e. The summed E-state index contributed by atoms with van der Waals surface area (Å²) >= 11 is 0. The molecule has 0 radical (unpaired) electrons. The molecule has 0 unspecified atom stereocenters. The quantitative estimate of drug-likeness (QED) is 0.488. The third-order valence-electron chi connectivity index (χ3n) is 1.47. The molecule has 0 aromatic carbocycles. The highest BCUT2D eigenvalue weighted by Crippen LogP contribution is 1.85. The van der Waals surface area contributed by atoms with Crippen LogP contribution in [0.15, 0.2) is 12.3 Å². The first-order valence-electron chi connectivity index (χ1n) is 2.80. The maximum Gasteiger partial charge on any atom is 0.0413 e. The van der Waals surface area contributed by atoms with Crippen LogP contribution in [-0.4, -0.2) is 4.98 Å². The predicted molar refractivity (Wildman–Crippen MR) is 35.7 cm³/mol. The molecule has 1 aromatic rings. The molecule has 0 amide bonds. The maximum atomic E-state index is 3.13. The Balaban J connectivity index is 0.000000405. The van der Waals surface area contributed by atoms with Crippen molar-refractivity contribution in [1.82, 2.24) is 4.98 Å². The van der Waals surface area contributed by atoms with E-state index in [4.69, 9.17) is 0 Å². The highest BCUT2D eigenvalue weighted by molar-refractivity contribution is 5.44. The number of aromatic nitrogens is 1. The monoisotopic (exact) mass is 107 g/mol. The smallest absolute Gasteiger partial charge is 0.0413 e. The topological polar surface area (TPSA) is 15.8 Å². The summed E-state index contributed by atoms with van der Waals surface area (Å²) in [4.78, 5) is 3.13. The van der Waals surface area contributed by atoms with Crippen LogP contribution in [0.25, 0.3) is 12.2 Å². The van der Waals surface area contributed by atoms with Crippen LogP contribution in [0, 0.1) is 0 Å². The second-order valence-electron chi connectivity index (χ2n) is 1.99. The lowest BCUT2D eigenvalue weighted by Gasteiger charge is -1.66. The fourth-order valence-corrected chi connectivity index (χ4v) is 1.05. The molecule has 1 N–H and O–H groups in total. The first-order valence-corrected chi connectivity index (χ1v) is 2.80. The first-order chi connectivity index (χ1) is 3.97. The summed E-state index contributed by atoms with van der Waals surface area (Å²) < 4.78 is 0. The highest BCUT2D eigenvalue weighted by Gasteiger charge is 1.89. The van der Waals surface area contributed by atoms with E-state index in [2.05, 4.69) is 23.2 Å². The molecule has 8 heavy (non-hydrogen) atoms. The van der Waals surface area contributed by atoms with Gasteiger partial charge < -0.3 is 4.98 Å². The van der Waals surface area contributed by atoms with Crippen LogP contribution in [0.2, 0.25) is 0 Å². The van der Waals surface area contributed by atoms with Crippen LogP contribution < -0.4 is 10.6 Å². The Kier molecular flexibility index (Phi) is 0.618. The first kappa shape index (κ1) is 3.96. The van der Waals surface area contributed by atoms with Crippen LogP contribution >= 0.6 is 0 Å². The fourth-order valence-electron chi connectivity index (χ4n) is 1.05. The molecular formula is C7H9N. The molecule has 1 heterocycles. The summed E-state index contributed by atoms with van der Waals surface area (Å²) in [6.45, 7) is 0. The van der Waals surface area contributed by atoms with E-state index in [-0.39, 0.29) is 1.43 Å². The van der Waals surface area contributed by atoms with Crippen molar-refractivity contribution in [3.05, 3.63) is 22.8 Å². The van der Waals surface area contributed by atoms with Gasteiger partial charge >= 0.3 is 0 Å². The summed E-state index contributed by atoms with van der Waals surface area (Å²) in [5, 5.41) is 2.63. The van der Waals surface area contributed by atoms with Gasteiger partial charge in [0, 0.05) is 13.0 Å². The van der Waals surface area contributed by atoms with Crippen molar-refractivity contribution < 1.29 is 1.43 Å². The van der Waals surface area contributed by atoms with Crippen molar-refractivity contribution in [3.63, 3.8) is 0 Å². The van der Waals surface area contributed by atoms with Gasteiger partial charge in [-0.25, -0.2) is 0 Å². The van der Waals surface area contributed by atoms with Crippen LogP contribution in [0.1, 0.15) is 7.85 Å². The zero-order valence-corrected chi connectivity index (χ0v) is 4.52. The number of fused-ring (bicyclic) bond motifs is 1. The molecular weight excluding hydrogens is 98.1 g/mol. The minimum absolute atomic E-state index is 0. The Morgan fingerprint density at radius 2 is 2.50 bits per heavy atom. The van der Waals surface area contributed by atoms with Crippen molar-refractivity contribution in [3.8, 4) is 0 Å². The number of H-pyrrole nitrogens is 1. The largest absolute Gasteiger partial charge is 0.361 e. The third-order valence-corrected chi connectivity index (χ3v) is 1.47.